The average Bonchev–Trinajstić information content (AvgIpc) is 3.21. The number of rotatable bonds is 8. The molecule has 0 bridgehead atoms. The van der Waals surface area contributed by atoms with Crippen molar-refractivity contribution < 1.29 is 53.8 Å². The lowest BCUT2D eigenvalue weighted by atomic mass is 9.88. The van der Waals surface area contributed by atoms with Gasteiger partial charge in [0.25, 0.3) is 0 Å². The summed E-state index contributed by atoms with van der Waals surface area (Å²) in [4.78, 5) is 36.4. The molecular weight excluding hydrogens is 524 g/mol. The molecule has 11 heteroatoms. The van der Waals surface area contributed by atoms with Crippen LogP contribution in [0.2, 0.25) is 0 Å². The second-order valence-electron chi connectivity index (χ2n) is 10.1. The number of esters is 2. The Bertz CT molecular complexity index is 1160. The van der Waals surface area contributed by atoms with Crippen LogP contribution in [0.15, 0.2) is 59.7 Å². The number of aromatic hydroxyl groups is 1. The van der Waals surface area contributed by atoms with Gasteiger partial charge in [-0.15, -0.1) is 0 Å². The molecule has 40 heavy (non-hydrogen) atoms. The van der Waals surface area contributed by atoms with Crippen molar-refractivity contribution in [2.45, 2.75) is 68.9 Å². The lowest BCUT2D eigenvalue weighted by molar-refractivity contribution is -0.302. The molecule has 0 spiro atoms. The maximum absolute atomic E-state index is 12.7. The van der Waals surface area contributed by atoms with E-state index in [1.165, 1.54) is 12.1 Å². The number of phenols is 1. The number of fused-ring (bicyclic) bond motifs is 1. The number of aldehydes is 1. The molecule has 4 rings (SSSR count). The fourth-order valence-corrected chi connectivity index (χ4v) is 5.01. The van der Waals surface area contributed by atoms with Crippen LogP contribution in [0.3, 0.4) is 0 Å². The van der Waals surface area contributed by atoms with Gasteiger partial charge in [0.2, 0.25) is 0 Å². The van der Waals surface area contributed by atoms with Gasteiger partial charge in [-0.05, 0) is 60.6 Å². The summed E-state index contributed by atoms with van der Waals surface area (Å²) in [5.41, 5.74) is 2.22. The van der Waals surface area contributed by atoms with Gasteiger partial charge >= 0.3 is 11.9 Å². The van der Waals surface area contributed by atoms with Crippen molar-refractivity contribution in [1.29, 1.82) is 0 Å². The highest BCUT2D eigenvalue weighted by Crippen LogP contribution is 2.34. The minimum Gasteiger partial charge on any atom is -0.508 e. The van der Waals surface area contributed by atoms with Crippen molar-refractivity contribution >= 4 is 18.2 Å². The first-order valence-electron chi connectivity index (χ1n) is 13.1. The molecule has 216 valence electrons. The number of hydrogen-bond acceptors (Lipinski definition) is 11. The van der Waals surface area contributed by atoms with Gasteiger partial charge in [-0.25, -0.2) is 4.79 Å². The summed E-state index contributed by atoms with van der Waals surface area (Å²) >= 11 is 0. The second kappa shape index (κ2) is 13.3. The van der Waals surface area contributed by atoms with E-state index in [4.69, 9.17) is 18.9 Å². The summed E-state index contributed by atoms with van der Waals surface area (Å²) in [7, 11) is 0. The molecule has 0 saturated carbocycles. The topological polar surface area (TPSA) is 169 Å². The molecule has 3 aliphatic rings. The van der Waals surface area contributed by atoms with Crippen LogP contribution in [0.4, 0.5) is 0 Å². The van der Waals surface area contributed by atoms with E-state index in [2.05, 4.69) is 6.58 Å². The van der Waals surface area contributed by atoms with Crippen molar-refractivity contribution in [3.05, 3.63) is 65.3 Å². The van der Waals surface area contributed by atoms with Crippen molar-refractivity contribution in [2.75, 3.05) is 13.2 Å². The molecule has 2 aliphatic heterocycles. The number of hydrogen-bond donors (Lipinski definition) is 4. The van der Waals surface area contributed by atoms with E-state index in [1.807, 2.05) is 6.08 Å². The lowest BCUT2D eigenvalue weighted by Gasteiger charge is -2.41. The fourth-order valence-electron chi connectivity index (χ4n) is 5.01. The van der Waals surface area contributed by atoms with E-state index in [9.17, 15) is 34.8 Å². The molecule has 0 radical (unpaired) electrons. The van der Waals surface area contributed by atoms with Crippen LogP contribution in [0.1, 0.15) is 31.2 Å². The lowest BCUT2D eigenvalue weighted by Crippen LogP contribution is -2.60. The Hall–Kier alpha value is -3.35. The minimum absolute atomic E-state index is 0.0376. The highest BCUT2D eigenvalue weighted by molar-refractivity contribution is 5.91. The van der Waals surface area contributed by atoms with E-state index in [1.54, 1.807) is 18.2 Å². The molecule has 4 N–H and O–H groups in total. The number of ether oxygens (including phenoxy) is 4. The number of aliphatic hydroxyl groups excluding tert-OH is 3. The van der Waals surface area contributed by atoms with Gasteiger partial charge in [-0.1, -0.05) is 24.8 Å². The van der Waals surface area contributed by atoms with Crippen LogP contribution in [-0.2, 0) is 39.8 Å². The van der Waals surface area contributed by atoms with Crippen LogP contribution in [0.5, 0.6) is 5.75 Å². The highest BCUT2D eigenvalue weighted by Gasteiger charge is 2.47. The van der Waals surface area contributed by atoms with Gasteiger partial charge in [0.1, 0.15) is 36.5 Å². The highest BCUT2D eigenvalue weighted by atomic mass is 16.7. The molecule has 1 aliphatic carbocycles. The van der Waals surface area contributed by atoms with Crippen molar-refractivity contribution in [3.63, 3.8) is 0 Å². The van der Waals surface area contributed by atoms with Crippen molar-refractivity contribution in [3.8, 4) is 5.75 Å². The van der Waals surface area contributed by atoms with E-state index in [-0.39, 0.29) is 24.7 Å². The summed E-state index contributed by atoms with van der Waals surface area (Å²) in [5, 5.41) is 40.2. The van der Waals surface area contributed by atoms with Gasteiger partial charge in [0.15, 0.2) is 12.4 Å². The average molecular weight is 559 g/mol. The Balaban J connectivity index is 1.50. The number of phenolic OH excluding ortho intramolecular Hbond substituents is 1. The Morgan fingerprint density at radius 2 is 1.90 bits per heavy atom. The summed E-state index contributed by atoms with van der Waals surface area (Å²) in [6.45, 7) is 3.16. The summed E-state index contributed by atoms with van der Waals surface area (Å²) < 4.78 is 22.6. The molecule has 2 heterocycles. The third kappa shape index (κ3) is 7.04. The summed E-state index contributed by atoms with van der Waals surface area (Å²) in [5.74, 6) is -1.50. The Morgan fingerprint density at radius 3 is 2.60 bits per heavy atom. The molecule has 11 nitrogen and oxygen atoms in total. The third-order valence-corrected chi connectivity index (χ3v) is 7.33. The van der Waals surface area contributed by atoms with E-state index >= 15 is 0 Å². The first kappa shape index (κ1) is 29.6. The molecule has 2 saturated heterocycles. The molecule has 7 atom stereocenters. The van der Waals surface area contributed by atoms with Gasteiger partial charge in [-0.2, -0.15) is 0 Å². The van der Waals surface area contributed by atoms with Crippen LogP contribution in [-0.4, -0.2) is 88.7 Å². The predicted octanol–water partition coefficient (Wildman–Crippen LogP) is 1.03. The molecule has 1 aromatic carbocycles. The molecule has 1 aromatic rings. The van der Waals surface area contributed by atoms with Crippen molar-refractivity contribution in [1.82, 2.24) is 0 Å². The third-order valence-electron chi connectivity index (χ3n) is 7.33. The van der Waals surface area contributed by atoms with Gasteiger partial charge < -0.3 is 39.4 Å². The Morgan fingerprint density at radius 1 is 1.15 bits per heavy atom. The Labute approximate surface area is 231 Å². The first-order chi connectivity index (χ1) is 19.2. The number of carbonyl (C=O) groups is 3. The number of carbonyl (C=O) groups excluding carboxylic acids is 3. The maximum Gasteiger partial charge on any atom is 0.334 e. The van der Waals surface area contributed by atoms with Crippen LogP contribution in [0, 0.1) is 5.92 Å². The van der Waals surface area contributed by atoms with Gasteiger partial charge in [0, 0.05) is 11.5 Å². The molecule has 2 fully saturated rings. The van der Waals surface area contributed by atoms with Crippen molar-refractivity contribution in [2.24, 2.45) is 5.92 Å². The SMILES string of the molecule is C=C1C(=O)O[C@@H]2C=C(CO[C@@H]3O[C@H](CO)[C@@H](O)[C@H](O)[C@H]3OC(=O)Cc3ccc(O)cc3)CCC=C(C=O)CC[C@@H]12. The molecule has 0 aromatic heterocycles. The quantitative estimate of drug-likeness (QED) is 0.156. The Kier molecular flexibility index (Phi) is 9.88. The summed E-state index contributed by atoms with van der Waals surface area (Å²) in [6.07, 6.45) is -1.47. The summed E-state index contributed by atoms with van der Waals surface area (Å²) in [6, 6.07) is 5.93. The maximum atomic E-state index is 12.7. The van der Waals surface area contributed by atoms with Crippen LogP contribution >= 0.6 is 0 Å². The zero-order valence-electron chi connectivity index (χ0n) is 21.9. The van der Waals surface area contributed by atoms with Crippen LogP contribution < -0.4 is 0 Å². The van der Waals surface area contributed by atoms with E-state index < -0.39 is 55.4 Å². The predicted molar refractivity (Wildman–Crippen MR) is 139 cm³/mol. The fraction of sp³-hybridized carbons (Fsp3) is 0.483. The zero-order valence-corrected chi connectivity index (χ0v) is 21.9. The monoisotopic (exact) mass is 558 g/mol. The first-order valence-corrected chi connectivity index (χ1v) is 13.1. The standard InChI is InChI=1S/C29H34O11/c1-16-21-10-7-18(13-30)3-2-4-19(11-22(21)38-28(16)36)15-37-29-27(26(35)25(34)23(14-31)39-29)40-24(33)12-17-5-8-20(32)9-6-17/h3,5-6,8-9,11,13,21-23,25-27,29,31-32,34-35H,1-2,4,7,10,12,14-15H2/t21-,22+,23+,25+,26-,27+,29+/m0/s1. The van der Waals surface area contributed by atoms with Gasteiger partial charge in [-0.3, -0.25) is 9.59 Å². The van der Waals surface area contributed by atoms with E-state index in [0.29, 0.717) is 48.0 Å². The number of allylic oxidation sites excluding steroid dienone is 2. The van der Waals surface area contributed by atoms with Crippen LogP contribution in [0.25, 0.3) is 0 Å². The number of aliphatic hydroxyl groups is 3. The minimum atomic E-state index is -1.61. The van der Waals surface area contributed by atoms with E-state index in [0.717, 1.165) is 6.29 Å². The normalized spacial score (nSPS) is 30.9. The molecule has 0 amide bonds. The van der Waals surface area contributed by atoms with Gasteiger partial charge in [0.05, 0.1) is 19.6 Å². The second-order valence-corrected chi connectivity index (χ2v) is 10.1. The zero-order chi connectivity index (χ0) is 28.8. The molecule has 0 unspecified atom stereocenters. The molecular formula is C29H34O11. The smallest absolute Gasteiger partial charge is 0.334 e. The number of benzene rings is 1. The largest absolute Gasteiger partial charge is 0.508 e.